The molecule has 0 aliphatic rings. The van der Waals surface area contributed by atoms with Gasteiger partial charge in [-0.15, -0.1) is 0 Å². The van der Waals surface area contributed by atoms with Gasteiger partial charge in [0.05, 0.1) is 0 Å². The number of nitrogens with zero attached hydrogens (tertiary/aromatic N) is 1. The lowest BCUT2D eigenvalue weighted by atomic mass is 9.98. The van der Waals surface area contributed by atoms with E-state index < -0.39 is 0 Å². The minimum absolute atomic E-state index is 0.215. The maximum Gasteiger partial charge on any atom is 0.250 e. The monoisotopic (exact) mass is 497 g/mol. The van der Waals surface area contributed by atoms with Gasteiger partial charge in [-0.05, 0) is 83.6 Å². The molecule has 36 heavy (non-hydrogen) atoms. The number of benzene rings is 3. The number of hydrogen-bond donors (Lipinski definition) is 2. The van der Waals surface area contributed by atoms with Crippen molar-refractivity contribution < 1.29 is 9.21 Å². The van der Waals surface area contributed by atoms with Crippen molar-refractivity contribution in [2.75, 3.05) is 5.32 Å². The number of carbonyl (C=O) groups is 1. The van der Waals surface area contributed by atoms with Gasteiger partial charge in [-0.1, -0.05) is 64.1 Å². The number of hydrogen-bond acceptors (Lipinski definition) is 4. The van der Waals surface area contributed by atoms with Crippen molar-refractivity contribution in [2.45, 2.75) is 46.0 Å². The van der Waals surface area contributed by atoms with Crippen LogP contribution in [0.15, 0.2) is 77.2 Å². The van der Waals surface area contributed by atoms with Crippen LogP contribution >= 0.6 is 12.2 Å². The number of anilines is 1. The molecule has 0 saturated heterocycles. The van der Waals surface area contributed by atoms with E-state index in [0.717, 1.165) is 34.3 Å². The Hall–Kier alpha value is -3.77. The van der Waals surface area contributed by atoms with Crippen LogP contribution in [0.3, 0.4) is 0 Å². The predicted molar refractivity (Wildman–Crippen MR) is 152 cm³/mol. The molecule has 0 bridgehead atoms. The largest absolute Gasteiger partial charge is 0.436 e. The van der Waals surface area contributed by atoms with E-state index in [4.69, 9.17) is 21.6 Å². The topological polar surface area (TPSA) is 67.2 Å². The number of nitrogens with one attached hydrogen (secondary N) is 2. The molecule has 4 rings (SSSR count). The first-order valence-electron chi connectivity index (χ1n) is 12.2. The van der Waals surface area contributed by atoms with Crippen molar-refractivity contribution in [1.29, 1.82) is 0 Å². The first-order chi connectivity index (χ1) is 17.3. The zero-order valence-corrected chi connectivity index (χ0v) is 21.9. The third-order valence-corrected chi connectivity index (χ3v) is 6.43. The van der Waals surface area contributed by atoms with Crippen LogP contribution < -0.4 is 10.6 Å². The lowest BCUT2D eigenvalue weighted by Crippen LogP contribution is -2.32. The quantitative estimate of drug-likeness (QED) is 0.203. The molecule has 184 valence electrons. The van der Waals surface area contributed by atoms with Crippen LogP contribution in [-0.4, -0.2) is 16.0 Å². The van der Waals surface area contributed by atoms with Crippen LogP contribution in [0.5, 0.6) is 0 Å². The molecular weight excluding hydrogens is 466 g/mol. The average Bonchev–Trinajstić information content (AvgIpc) is 3.31. The number of aromatic nitrogens is 1. The third-order valence-electron chi connectivity index (χ3n) is 6.23. The summed E-state index contributed by atoms with van der Waals surface area (Å²) in [6, 6.07) is 21.9. The highest BCUT2D eigenvalue weighted by Gasteiger charge is 2.12. The van der Waals surface area contributed by atoms with E-state index in [1.54, 1.807) is 6.08 Å². The van der Waals surface area contributed by atoms with E-state index in [9.17, 15) is 4.79 Å². The van der Waals surface area contributed by atoms with E-state index in [0.29, 0.717) is 17.7 Å². The molecule has 0 radical (unpaired) electrons. The van der Waals surface area contributed by atoms with Crippen LogP contribution in [0.2, 0.25) is 0 Å². The fourth-order valence-electron chi connectivity index (χ4n) is 3.82. The number of oxazole rings is 1. The molecular formula is C30H31N3O2S. The highest BCUT2D eigenvalue weighted by Crippen LogP contribution is 2.29. The normalized spacial score (nSPS) is 12.2. The Labute approximate surface area is 217 Å². The lowest BCUT2D eigenvalue weighted by Gasteiger charge is -2.09. The molecule has 2 N–H and O–H groups in total. The molecule has 1 amide bonds. The van der Waals surface area contributed by atoms with Gasteiger partial charge in [-0.2, -0.15) is 0 Å². The van der Waals surface area contributed by atoms with Gasteiger partial charge in [0, 0.05) is 17.3 Å². The van der Waals surface area contributed by atoms with Gasteiger partial charge in [-0.3, -0.25) is 10.1 Å². The SMILES string of the molecule is CCC(C)c1ccc2oc(-c3cccc(NC(=S)NC(=O)C=Cc4ccc(C(C)C)cc4)c3)nc2c1. The summed E-state index contributed by atoms with van der Waals surface area (Å²) in [4.78, 5) is 17.0. The highest BCUT2D eigenvalue weighted by molar-refractivity contribution is 7.80. The Kier molecular flexibility index (Phi) is 7.96. The maximum atomic E-state index is 12.3. The van der Waals surface area contributed by atoms with Gasteiger partial charge < -0.3 is 9.73 Å². The second-order valence-corrected chi connectivity index (χ2v) is 9.64. The molecule has 1 heterocycles. The zero-order valence-electron chi connectivity index (χ0n) is 21.0. The lowest BCUT2D eigenvalue weighted by molar-refractivity contribution is -0.115. The Morgan fingerprint density at radius 1 is 1.03 bits per heavy atom. The minimum Gasteiger partial charge on any atom is -0.436 e. The van der Waals surface area contributed by atoms with Gasteiger partial charge in [0.2, 0.25) is 11.8 Å². The van der Waals surface area contributed by atoms with Gasteiger partial charge >= 0.3 is 0 Å². The Morgan fingerprint density at radius 3 is 2.50 bits per heavy atom. The number of rotatable bonds is 7. The Balaban J connectivity index is 1.39. The molecule has 0 fully saturated rings. The van der Waals surface area contributed by atoms with Crippen molar-refractivity contribution in [3.05, 3.63) is 89.5 Å². The molecule has 0 aliphatic heterocycles. The van der Waals surface area contributed by atoms with Crippen molar-refractivity contribution in [3.63, 3.8) is 0 Å². The number of fused-ring (bicyclic) bond motifs is 1. The molecule has 1 aromatic heterocycles. The summed E-state index contributed by atoms with van der Waals surface area (Å²) in [5.41, 5.74) is 6.61. The molecule has 0 spiro atoms. The summed E-state index contributed by atoms with van der Waals surface area (Å²) in [5.74, 6) is 1.18. The first-order valence-corrected chi connectivity index (χ1v) is 12.6. The maximum absolute atomic E-state index is 12.3. The Bertz CT molecular complexity index is 1400. The molecule has 0 aliphatic carbocycles. The van der Waals surface area contributed by atoms with E-state index in [2.05, 4.69) is 62.6 Å². The molecule has 0 saturated carbocycles. The summed E-state index contributed by atoms with van der Waals surface area (Å²) < 4.78 is 5.99. The van der Waals surface area contributed by atoms with Crippen molar-refractivity contribution in [3.8, 4) is 11.5 Å². The second-order valence-electron chi connectivity index (χ2n) is 9.23. The average molecular weight is 498 g/mol. The van der Waals surface area contributed by atoms with E-state index in [1.165, 1.54) is 17.2 Å². The standard InChI is InChI=1S/C30H31N3O2S/c1-5-20(4)23-14-15-27-26(18-23)32-29(35-27)24-7-6-8-25(17-24)31-30(36)33-28(34)16-11-21-9-12-22(13-10-21)19(2)3/h6-20H,5H2,1-4H3,(H2,31,33,34,36). The molecule has 5 nitrogen and oxygen atoms in total. The molecule has 3 aromatic carbocycles. The van der Waals surface area contributed by atoms with Crippen molar-refractivity contribution in [2.24, 2.45) is 0 Å². The van der Waals surface area contributed by atoms with Crippen LogP contribution in [0.4, 0.5) is 5.69 Å². The summed E-state index contributed by atoms with van der Waals surface area (Å²) in [6.07, 6.45) is 4.31. The van der Waals surface area contributed by atoms with Gasteiger partial charge in [0.15, 0.2) is 10.7 Å². The molecule has 4 aromatic rings. The molecule has 1 unspecified atom stereocenters. The van der Waals surface area contributed by atoms with Gasteiger partial charge in [0.25, 0.3) is 0 Å². The first kappa shape index (κ1) is 25.3. The van der Waals surface area contributed by atoms with Crippen molar-refractivity contribution >= 4 is 46.1 Å². The third kappa shape index (κ3) is 6.26. The second kappa shape index (κ2) is 11.3. The zero-order chi connectivity index (χ0) is 25.7. The Morgan fingerprint density at radius 2 is 1.78 bits per heavy atom. The van der Waals surface area contributed by atoms with E-state index in [1.807, 2.05) is 42.5 Å². The fourth-order valence-corrected chi connectivity index (χ4v) is 4.04. The predicted octanol–water partition coefficient (Wildman–Crippen LogP) is 7.66. The number of amides is 1. The summed E-state index contributed by atoms with van der Waals surface area (Å²) in [7, 11) is 0. The van der Waals surface area contributed by atoms with Crippen LogP contribution in [0.25, 0.3) is 28.6 Å². The summed E-state index contributed by atoms with van der Waals surface area (Å²) in [5, 5.41) is 5.96. The highest BCUT2D eigenvalue weighted by atomic mass is 32.1. The summed E-state index contributed by atoms with van der Waals surface area (Å²) in [6.45, 7) is 8.69. The fraction of sp³-hybridized carbons (Fsp3) is 0.233. The smallest absolute Gasteiger partial charge is 0.250 e. The van der Waals surface area contributed by atoms with Gasteiger partial charge in [0.1, 0.15) is 5.52 Å². The van der Waals surface area contributed by atoms with Crippen LogP contribution in [0.1, 0.15) is 62.6 Å². The summed E-state index contributed by atoms with van der Waals surface area (Å²) >= 11 is 5.34. The number of thiocarbonyl (C=S) groups is 1. The minimum atomic E-state index is -0.298. The van der Waals surface area contributed by atoms with E-state index >= 15 is 0 Å². The van der Waals surface area contributed by atoms with Crippen LogP contribution in [0, 0.1) is 0 Å². The van der Waals surface area contributed by atoms with Crippen molar-refractivity contribution in [1.82, 2.24) is 10.3 Å². The molecule has 1 atom stereocenters. The van der Waals surface area contributed by atoms with Gasteiger partial charge in [-0.25, -0.2) is 4.98 Å². The molecule has 6 heteroatoms. The van der Waals surface area contributed by atoms with Crippen LogP contribution in [-0.2, 0) is 4.79 Å². The number of carbonyl (C=O) groups excluding carboxylic acids is 1. The van der Waals surface area contributed by atoms with E-state index in [-0.39, 0.29) is 11.0 Å².